The maximum atomic E-state index is 6.43. The van der Waals surface area contributed by atoms with E-state index in [1.165, 1.54) is 26.9 Å². The Morgan fingerprint density at radius 1 is 0.211 bits per heavy atom. The molecule has 0 N–H and O–H groups in total. The summed E-state index contributed by atoms with van der Waals surface area (Å²) in [5.74, 6) is 10.5. The fraction of sp³-hybridized carbons (Fsp3) is 0.0843. The van der Waals surface area contributed by atoms with Crippen molar-refractivity contribution in [3.8, 4) is 69.0 Å². The Bertz CT molecular complexity index is 5040. The van der Waals surface area contributed by atoms with Gasteiger partial charge in [-0.1, -0.05) is 164 Å². The molecule has 0 fully saturated rings. The van der Waals surface area contributed by atoms with Gasteiger partial charge in [-0.15, -0.1) is 0 Å². The van der Waals surface area contributed by atoms with E-state index >= 15 is 0 Å². The van der Waals surface area contributed by atoms with Crippen LogP contribution in [-0.2, 0) is 0 Å². The minimum atomic E-state index is 0.776. The molecule has 466 valence electrons. The first-order chi connectivity index (χ1) is 46.6. The van der Waals surface area contributed by atoms with Crippen molar-refractivity contribution < 1.29 is 33.2 Å². The predicted octanol–water partition coefficient (Wildman–Crippen LogP) is 22.4. The summed E-state index contributed by atoms with van der Waals surface area (Å²) in [5.41, 5.74) is 10.9. The summed E-state index contributed by atoms with van der Waals surface area (Å²) < 4.78 is 40.8. The van der Waals surface area contributed by atoms with E-state index in [1.807, 2.05) is 122 Å². The quantitative estimate of drug-likeness (QED) is 0.165. The van der Waals surface area contributed by atoms with Gasteiger partial charge in [-0.05, 0) is 130 Å². The highest BCUT2D eigenvalue weighted by molar-refractivity contribution is 6.02. The number of ether oxygens (including phenoxy) is 7. The maximum absolute atomic E-state index is 6.43. The summed E-state index contributed by atoms with van der Waals surface area (Å²) in [7, 11) is 13.6. The van der Waals surface area contributed by atoms with Crippen LogP contribution in [0, 0.1) is 0 Å². The van der Waals surface area contributed by atoms with E-state index < -0.39 is 0 Å². The molecule has 19 rings (SSSR count). The van der Waals surface area contributed by atoms with Crippen LogP contribution in [0.5, 0.6) is 69.0 Å². The molecule has 0 amide bonds. The highest BCUT2D eigenvalue weighted by Gasteiger charge is 2.28. The first kappa shape index (κ1) is 59.1. The summed E-state index contributed by atoms with van der Waals surface area (Å²) in [5, 5.41) is 9.48. The molecule has 0 aromatic heterocycles. The molecular formula is C83H67N5O7. The molecule has 0 bridgehead atoms. The average molecular weight is 1250 g/mol. The number of anilines is 10. The van der Waals surface area contributed by atoms with Gasteiger partial charge in [0.15, 0.2) is 57.5 Å². The second-order valence-corrected chi connectivity index (χ2v) is 23.4. The Morgan fingerprint density at radius 3 is 0.905 bits per heavy atom. The molecule has 14 aromatic rings. The second kappa shape index (κ2) is 25.1. The summed E-state index contributed by atoms with van der Waals surface area (Å²) >= 11 is 0. The molecule has 14 aromatic carbocycles. The van der Waals surface area contributed by atoms with Gasteiger partial charge in [-0.3, -0.25) is 0 Å². The maximum Gasteiger partial charge on any atom is 0.159 e. The summed E-state index contributed by atoms with van der Waals surface area (Å²) in [6, 6.07) is 94.5. The van der Waals surface area contributed by atoms with Crippen molar-refractivity contribution in [3.05, 3.63) is 279 Å². The molecule has 0 saturated carbocycles. The highest BCUT2D eigenvalue weighted by Crippen LogP contribution is 2.54. The number of rotatable bonds is 2. The molecule has 12 nitrogen and oxygen atoms in total. The molecule has 0 radical (unpaired) electrons. The Labute approximate surface area is 552 Å². The Kier molecular flexibility index (Phi) is 15.6. The zero-order valence-electron chi connectivity index (χ0n) is 53.7. The molecule has 5 heterocycles. The summed E-state index contributed by atoms with van der Waals surface area (Å²) in [6.07, 6.45) is 0. The van der Waals surface area contributed by atoms with Crippen LogP contribution in [-0.4, -0.2) is 49.5 Å². The van der Waals surface area contributed by atoms with Crippen LogP contribution in [0.3, 0.4) is 0 Å². The van der Waals surface area contributed by atoms with E-state index in [2.05, 4.69) is 216 Å². The summed E-state index contributed by atoms with van der Waals surface area (Å²) in [4.78, 5) is 10.8. The van der Waals surface area contributed by atoms with Gasteiger partial charge < -0.3 is 57.7 Å². The standard InChI is InChI=1S/C21H15NO.2C17H13NO.C15H15NO3.C13H11NO/c1-22-18-12-10-14-6-2-4-8-16(14)20(18)23-21-17-9-5-3-7-15(17)11-13-19(21)22;1-18-14-8-4-5-9-16(14)19-17-11-13-7-3-2-6-12(13)10-15(17)18;1-18-14-8-4-5-9-16(14)19-17-13-7-3-2-6-12(13)10-11-15(17)18;1-16-12-6-4-10(17-2)8-14(12)19-15-9-11(18-3)5-7-13(15)16;1-14-10-6-2-4-8-12(10)15-13-9-5-3-7-11(13)14/h2-13H,1H3;2*2-11H,1H3;4-9H,1-3H3;2-9H,1H3. The fourth-order valence-electron chi connectivity index (χ4n) is 12.8. The molecular weight excluding hydrogens is 1180 g/mol. The number of benzene rings is 14. The molecule has 0 atom stereocenters. The Morgan fingerprint density at radius 2 is 0.484 bits per heavy atom. The van der Waals surface area contributed by atoms with Crippen LogP contribution in [0.4, 0.5) is 56.9 Å². The number of hydrogen-bond donors (Lipinski definition) is 0. The Hall–Kier alpha value is -12.3. The van der Waals surface area contributed by atoms with Crippen LogP contribution in [0.1, 0.15) is 0 Å². The number of hydrogen-bond acceptors (Lipinski definition) is 12. The first-order valence-corrected chi connectivity index (χ1v) is 31.5. The minimum Gasteiger partial charge on any atom is -0.497 e. The normalized spacial score (nSPS) is 12.7. The van der Waals surface area contributed by atoms with E-state index in [-0.39, 0.29) is 0 Å². The van der Waals surface area contributed by atoms with E-state index in [4.69, 9.17) is 33.2 Å². The zero-order valence-corrected chi connectivity index (χ0v) is 53.7. The molecule has 0 unspecified atom stereocenters. The monoisotopic (exact) mass is 1250 g/mol. The molecule has 12 heteroatoms. The van der Waals surface area contributed by atoms with Crippen molar-refractivity contribution in [2.75, 3.05) is 74.0 Å². The fourth-order valence-corrected chi connectivity index (χ4v) is 12.8. The highest BCUT2D eigenvalue weighted by atomic mass is 16.5. The first-order valence-electron chi connectivity index (χ1n) is 31.5. The smallest absolute Gasteiger partial charge is 0.159 e. The van der Waals surface area contributed by atoms with Crippen LogP contribution >= 0.6 is 0 Å². The van der Waals surface area contributed by atoms with Crippen molar-refractivity contribution in [2.24, 2.45) is 0 Å². The van der Waals surface area contributed by atoms with Crippen LogP contribution < -0.4 is 57.7 Å². The van der Waals surface area contributed by atoms with Crippen LogP contribution in [0.15, 0.2) is 279 Å². The van der Waals surface area contributed by atoms with Gasteiger partial charge in [-0.2, -0.15) is 0 Å². The predicted molar refractivity (Wildman–Crippen MR) is 388 cm³/mol. The molecule has 0 spiro atoms. The number of nitrogens with zero attached hydrogens (tertiary/aromatic N) is 5. The number of fused-ring (bicyclic) bond motifs is 17. The lowest BCUT2D eigenvalue weighted by atomic mass is 10.0. The Balaban J connectivity index is 0.0000000983. The van der Waals surface area contributed by atoms with Gasteiger partial charge in [0, 0.05) is 63.5 Å². The van der Waals surface area contributed by atoms with Crippen molar-refractivity contribution in [2.45, 2.75) is 0 Å². The average Bonchev–Trinajstić information content (AvgIpc) is 0.773. The van der Waals surface area contributed by atoms with Gasteiger partial charge in [0.25, 0.3) is 0 Å². The lowest BCUT2D eigenvalue weighted by Crippen LogP contribution is -2.15. The van der Waals surface area contributed by atoms with E-state index in [9.17, 15) is 0 Å². The van der Waals surface area contributed by atoms with E-state index in [0.717, 1.165) is 142 Å². The lowest BCUT2D eigenvalue weighted by Gasteiger charge is -2.31. The third kappa shape index (κ3) is 11.1. The van der Waals surface area contributed by atoms with Gasteiger partial charge in [0.1, 0.15) is 11.5 Å². The molecule has 95 heavy (non-hydrogen) atoms. The van der Waals surface area contributed by atoms with Gasteiger partial charge >= 0.3 is 0 Å². The summed E-state index contributed by atoms with van der Waals surface area (Å²) in [6.45, 7) is 0. The third-order valence-electron chi connectivity index (χ3n) is 17.9. The zero-order chi connectivity index (χ0) is 64.7. The number of methoxy groups -OCH3 is 2. The van der Waals surface area contributed by atoms with Gasteiger partial charge in [0.05, 0.1) is 71.1 Å². The SMILES string of the molecule is CN1c2ccc3ccccc3c2Oc2c1ccc1ccccc21.CN1c2ccccc2Oc2c1ccc1ccccc21.CN1c2ccccc2Oc2cc3ccccc3cc21.CN1c2ccccc2Oc2ccccc21.COc1ccc2c(c1)Oc1cc(OC)ccc1N2C. The molecule has 5 aliphatic heterocycles. The molecule has 0 saturated heterocycles. The largest absolute Gasteiger partial charge is 0.497 e. The van der Waals surface area contributed by atoms with Crippen molar-refractivity contribution in [1.29, 1.82) is 0 Å². The topological polar surface area (TPSA) is 80.8 Å². The van der Waals surface area contributed by atoms with E-state index in [0.29, 0.717) is 0 Å². The molecule has 0 aliphatic carbocycles. The minimum absolute atomic E-state index is 0.776. The van der Waals surface area contributed by atoms with Crippen LogP contribution in [0.2, 0.25) is 0 Å². The molecule has 5 aliphatic rings. The second-order valence-electron chi connectivity index (χ2n) is 23.4. The van der Waals surface area contributed by atoms with Crippen molar-refractivity contribution in [3.63, 3.8) is 0 Å². The van der Waals surface area contributed by atoms with Gasteiger partial charge in [-0.25, -0.2) is 0 Å². The number of para-hydroxylation sites is 8. The lowest BCUT2D eigenvalue weighted by molar-refractivity contribution is 0.403. The van der Waals surface area contributed by atoms with Crippen molar-refractivity contribution >= 4 is 100.0 Å². The third-order valence-corrected chi connectivity index (χ3v) is 17.9. The van der Waals surface area contributed by atoms with E-state index in [1.54, 1.807) is 14.2 Å². The van der Waals surface area contributed by atoms with Gasteiger partial charge in [0.2, 0.25) is 0 Å². The van der Waals surface area contributed by atoms with Crippen molar-refractivity contribution in [1.82, 2.24) is 0 Å². The van der Waals surface area contributed by atoms with Crippen LogP contribution in [0.25, 0.3) is 43.1 Å².